The van der Waals surface area contributed by atoms with Crippen LogP contribution >= 0.6 is 39.5 Å². The van der Waals surface area contributed by atoms with E-state index in [9.17, 15) is 4.39 Å². The largest absolute Gasteiger partial charge is 0.251 e. The maximum absolute atomic E-state index is 15.4. The Bertz CT molecular complexity index is 1990. The number of benzene rings is 4. The highest BCUT2D eigenvalue weighted by molar-refractivity contribution is 9.09. The molecule has 0 amide bonds. The Kier molecular flexibility index (Phi) is 8.58. The van der Waals surface area contributed by atoms with Crippen LogP contribution < -0.4 is 0 Å². The predicted molar refractivity (Wildman–Crippen MR) is 184 cm³/mol. The number of thioether (sulfide) groups is 2. The molecule has 0 radical (unpaired) electrons. The molecule has 216 valence electrons. The topological polar surface area (TPSA) is 25.8 Å². The van der Waals surface area contributed by atoms with Gasteiger partial charge < -0.3 is 0 Å². The number of aryl methyl sites for hydroxylation is 1. The van der Waals surface area contributed by atoms with Crippen LogP contribution in [0.3, 0.4) is 0 Å². The SMILES string of the molecule is CCc1nc2c(-c3cccc(-c4c(C(C)Br)nc5ccc(F)cc5c4SC)c3)cc(F)cc2c(SC)c1-c1ccccc1. The Morgan fingerprint density at radius 3 is 2.09 bits per heavy atom. The van der Waals surface area contributed by atoms with Crippen molar-refractivity contribution in [2.24, 2.45) is 0 Å². The second-order valence-electron chi connectivity index (χ2n) is 10.3. The summed E-state index contributed by atoms with van der Waals surface area (Å²) in [5.41, 5.74) is 8.97. The number of nitrogens with zero attached hydrogens (tertiary/aromatic N) is 2. The number of pyridine rings is 2. The molecule has 0 fully saturated rings. The molecular weight excluding hydrogens is 642 g/mol. The highest BCUT2D eigenvalue weighted by atomic mass is 79.9. The van der Waals surface area contributed by atoms with Gasteiger partial charge in [-0.05, 0) is 78.9 Å². The van der Waals surface area contributed by atoms with Crippen molar-refractivity contribution in [1.82, 2.24) is 9.97 Å². The van der Waals surface area contributed by atoms with Gasteiger partial charge in [0.1, 0.15) is 11.6 Å². The Morgan fingerprint density at radius 2 is 1.40 bits per heavy atom. The van der Waals surface area contributed by atoms with Gasteiger partial charge in [0.25, 0.3) is 0 Å². The summed E-state index contributed by atoms with van der Waals surface area (Å²) in [5, 5.41) is 1.57. The van der Waals surface area contributed by atoms with Crippen molar-refractivity contribution < 1.29 is 8.78 Å². The minimum Gasteiger partial charge on any atom is -0.251 e. The lowest BCUT2D eigenvalue weighted by molar-refractivity contribution is 0.629. The van der Waals surface area contributed by atoms with Gasteiger partial charge in [-0.15, -0.1) is 23.5 Å². The van der Waals surface area contributed by atoms with E-state index in [0.717, 1.165) is 82.8 Å². The molecule has 0 bridgehead atoms. The fourth-order valence-corrected chi connectivity index (χ4v) is 7.74. The lowest BCUT2D eigenvalue weighted by Gasteiger charge is -2.19. The van der Waals surface area contributed by atoms with Gasteiger partial charge >= 0.3 is 0 Å². The van der Waals surface area contributed by atoms with Gasteiger partial charge in [-0.25, -0.2) is 8.78 Å². The van der Waals surface area contributed by atoms with Gasteiger partial charge in [0.2, 0.25) is 0 Å². The number of halogens is 3. The summed E-state index contributed by atoms with van der Waals surface area (Å²) in [7, 11) is 0. The number of hydrogen-bond donors (Lipinski definition) is 0. The summed E-state index contributed by atoms with van der Waals surface area (Å²) in [6, 6.07) is 26.2. The average molecular weight is 672 g/mol. The normalized spacial score (nSPS) is 12.3. The molecule has 6 aromatic rings. The Morgan fingerprint density at radius 1 is 0.721 bits per heavy atom. The van der Waals surface area contributed by atoms with Crippen molar-refractivity contribution in [1.29, 1.82) is 0 Å². The Balaban J connectivity index is 1.63. The third kappa shape index (κ3) is 5.47. The molecule has 0 aliphatic rings. The maximum atomic E-state index is 15.4. The monoisotopic (exact) mass is 670 g/mol. The van der Waals surface area contributed by atoms with Gasteiger partial charge in [0, 0.05) is 42.9 Å². The number of alkyl halides is 1. The van der Waals surface area contributed by atoms with E-state index in [2.05, 4.69) is 41.1 Å². The second kappa shape index (κ2) is 12.4. The van der Waals surface area contributed by atoms with Gasteiger partial charge in [-0.2, -0.15) is 0 Å². The molecule has 1 atom stereocenters. The van der Waals surface area contributed by atoms with E-state index in [-0.39, 0.29) is 16.5 Å². The molecule has 0 saturated carbocycles. The first-order valence-electron chi connectivity index (χ1n) is 14.0. The zero-order valence-corrected chi connectivity index (χ0v) is 27.4. The minimum absolute atomic E-state index is 0.0455. The van der Waals surface area contributed by atoms with E-state index in [1.54, 1.807) is 47.8 Å². The number of aromatic nitrogens is 2. The summed E-state index contributed by atoms with van der Waals surface area (Å²) in [5.74, 6) is -0.608. The van der Waals surface area contributed by atoms with Crippen LogP contribution in [0.5, 0.6) is 0 Å². The molecule has 6 rings (SSSR count). The molecule has 43 heavy (non-hydrogen) atoms. The molecule has 0 aliphatic carbocycles. The molecule has 0 N–H and O–H groups in total. The lowest BCUT2D eigenvalue weighted by atomic mass is 9.93. The number of hydrogen-bond acceptors (Lipinski definition) is 4. The van der Waals surface area contributed by atoms with E-state index in [4.69, 9.17) is 9.97 Å². The highest BCUT2D eigenvalue weighted by Gasteiger charge is 2.22. The van der Waals surface area contributed by atoms with E-state index in [1.807, 2.05) is 55.8 Å². The molecule has 0 aliphatic heterocycles. The standard InChI is InChI=1S/C36H29BrF2N2S2/c1-5-29-31(21-10-7-6-8-11-21)36(43-4)28-19-25(39)18-26(34(28)40-29)22-12-9-13-23(16-22)32-33(20(2)37)41-30-15-14-24(38)17-27(30)35(32)42-3/h6-20H,5H2,1-4H3. The molecule has 0 saturated heterocycles. The number of rotatable bonds is 7. The summed E-state index contributed by atoms with van der Waals surface area (Å²) in [6.45, 7) is 4.15. The summed E-state index contributed by atoms with van der Waals surface area (Å²) < 4.78 is 29.8. The van der Waals surface area contributed by atoms with Crippen LogP contribution in [0, 0.1) is 11.6 Å². The summed E-state index contributed by atoms with van der Waals surface area (Å²) >= 11 is 6.94. The first-order chi connectivity index (χ1) is 20.8. The van der Waals surface area contributed by atoms with Crippen LogP contribution in [0.25, 0.3) is 55.2 Å². The maximum Gasteiger partial charge on any atom is 0.124 e. The molecular formula is C36H29BrF2N2S2. The van der Waals surface area contributed by atoms with Crippen molar-refractivity contribution in [2.75, 3.05) is 12.5 Å². The third-order valence-corrected chi connectivity index (χ3v) is 9.75. The fourth-order valence-electron chi connectivity index (χ4n) is 5.79. The van der Waals surface area contributed by atoms with Gasteiger partial charge in [0.05, 0.1) is 21.6 Å². The van der Waals surface area contributed by atoms with Crippen LogP contribution in [0.4, 0.5) is 8.78 Å². The highest BCUT2D eigenvalue weighted by Crippen LogP contribution is 2.45. The molecule has 2 aromatic heterocycles. The van der Waals surface area contributed by atoms with Crippen molar-refractivity contribution in [3.8, 4) is 33.4 Å². The van der Waals surface area contributed by atoms with E-state index >= 15 is 4.39 Å². The summed E-state index contributed by atoms with van der Waals surface area (Å²) in [4.78, 5) is 12.1. The molecule has 2 nitrogen and oxygen atoms in total. The number of fused-ring (bicyclic) bond motifs is 2. The first kappa shape index (κ1) is 29.8. The van der Waals surface area contributed by atoms with E-state index < -0.39 is 0 Å². The van der Waals surface area contributed by atoms with Crippen molar-refractivity contribution in [2.45, 2.75) is 34.9 Å². The smallest absolute Gasteiger partial charge is 0.124 e. The molecule has 7 heteroatoms. The fraction of sp³-hybridized carbons (Fsp3) is 0.167. The predicted octanol–water partition coefficient (Wildman–Crippen LogP) is 11.5. The van der Waals surface area contributed by atoms with E-state index in [0.29, 0.717) is 0 Å². The van der Waals surface area contributed by atoms with Crippen molar-refractivity contribution in [3.05, 3.63) is 108 Å². The summed E-state index contributed by atoms with van der Waals surface area (Å²) in [6.07, 6.45) is 4.78. The van der Waals surface area contributed by atoms with Crippen molar-refractivity contribution >= 4 is 61.3 Å². The van der Waals surface area contributed by atoms with E-state index in [1.165, 1.54) is 6.07 Å². The van der Waals surface area contributed by atoms with Gasteiger partial charge in [-0.1, -0.05) is 71.4 Å². The molecule has 0 spiro atoms. The van der Waals surface area contributed by atoms with Crippen LogP contribution in [0.2, 0.25) is 0 Å². The lowest BCUT2D eigenvalue weighted by Crippen LogP contribution is -2.01. The molecule has 2 heterocycles. The third-order valence-electron chi connectivity index (χ3n) is 7.65. The molecule has 1 unspecified atom stereocenters. The minimum atomic E-state index is -0.310. The van der Waals surface area contributed by atoms with Crippen molar-refractivity contribution in [3.63, 3.8) is 0 Å². The zero-order chi connectivity index (χ0) is 30.2. The Labute approximate surface area is 267 Å². The van der Waals surface area contributed by atoms with Crippen LogP contribution in [0.15, 0.2) is 94.7 Å². The quantitative estimate of drug-likeness (QED) is 0.125. The van der Waals surface area contributed by atoms with Crippen LogP contribution in [-0.2, 0) is 6.42 Å². The average Bonchev–Trinajstić information content (AvgIpc) is 3.02. The van der Waals surface area contributed by atoms with Crippen LogP contribution in [0.1, 0.15) is 30.1 Å². The molecule has 4 aromatic carbocycles. The Hall–Kier alpha value is -3.26. The second-order valence-corrected chi connectivity index (χ2v) is 13.3. The van der Waals surface area contributed by atoms with Gasteiger partial charge in [0.15, 0.2) is 0 Å². The zero-order valence-electron chi connectivity index (χ0n) is 24.2. The van der Waals surface area contributed by atoms with Gasteiger partial charge in [-0.3, -0.25) is 9.97 Å². The van der Waals surface area contributed by atoms with Crippen LogP contribution in [-0.4, -0.2) is 22.5 Å². The first-order valence-corrected chi connectivity index (χ1v) is 17.4.